The molecule has 7 nitrogen and oxygen atoms in total. The minimum atomic E-state index is -5.08. The molecule has 0 bridgehead atoms. The van der Waals surface area contributed by atoms with Gasteiger partial charge in [0.05, 0.1) is 5.69 Å². The maximum atomic E-state index is 12.6. The number of pyridine rings is 1. The highest BCUT2D eigenvalue weighted by atomic mass is 19.4. The number of carbonyl (C=O) groups excluding carboxylic acids is 1. The van der Waals surface area contributed by atoms with Gasteiger partial charge in [-0.3, -0.25) is 14.7 Å². The van der Waals surface area contributed by atoms with Crippen LogP contribution in [0, 0.1) is 5.92 Å². The number of para-hydroxylation sites is 1. The van der Waals surface area contributed by atoms with Gasteiger partial charge in [-0.15, -0.1) is 0 Å². The van der Waals surface area contributed by atoms with Crippen molar-refractivity contribution in [1.82, 2.24) is 15.2 Å². The Hall–Kier alpha value is -3.14. The van der Waals surface area contributed by atoms with Crippen LogP contribution in [0.2, 0.25) is 0 Å². The molecule has 1 aromatic heterocycles. The van der Waals surface area contributed by atoms with Crippen molar-refractivity contribution in [2.24, 2.45) is 5.92 Å². The quantitative estimate of drug-likeness (QED) is 0.569. The van der Waals surface area contributed by atoms with Gasteiger partial charge >= 0.3 is 12.1 Å². The highest BCUT2D eigenvalue weighted by Gasteiger charge is 2.43. The molecular weight excluding hydrogens is 487 g/mol. The lowest BCUT2D eigenvalue weighted by Gasteiger charge is -2.47. The van der Waals surface area contributed by atoms with E-state index in [2.05, 4.69) is 53.3 Å². The van der Waals surface area contributed by atoms with E-state index in [1.54, 1.807) is 0 Å². The molecule has 1 fully saturated rings. The predicted octanol–water partition coefficient (Wildman–Crippen LogP) is 4.78. The highest BCUT2D eigenvalue weighted by molar-refractivity contribution is 5.77. The van der Waals surface area contributed by atoms with Gasteiger partial charge in [0, 0.05) is 44.7 Å². The molecule has 1 unspecified atom stereocenters. The number of aromatic nitrogens is 1. The van der Waals surface area contributed by atoms with Gasteiger partial charge in [-0.2, -0.15) is 13.2 Å². The van der Waals surface area contributed by atoms with Gasteiger partial charge in [0.1, 0.15) is 11.4 Å². The number of hydrogen-bond donors (Lipinski definition) is 2. The predicted molar refractivity (Wildman–Crippen MR) is 132 cm³/mol. The van der Waals surface area contributed by atoms with E-state index in [9.17, 15) is 18.0 Å². The van der Waals surface area contributed by atoms with E-state index < -0.39 is 12.1 Å². The maximum absolute atomic E-state index is 12.6. The third-order valence-electron chi connectivity index (χ3n) is 6.56. The average Bonchev–Trinajstić information content (AvgIpc) is 2.85. The molecule has 2 N–H and O–H groups in total. The third-order valence-corrected chi connectivity index (χ3v) is 6.56. The van der Waals surface area contributed by atoms with Crippen LogP contribution in [0.3, 0.4) is 0 Å². The zero-order chi connectivity index (χ0) is 27.1. The van der Waals surface area contributed by atoms with Crippen molar-refractivity contribution in [3.63, 3.8) is 0 Å². The number of likely N-dealkylation sites (tertiary alicyclic amines) is 1. The van der Waals surface area contributed by atoms with Gasteiger partial charge in [0.15, 0.2) is 0 Å². The lowest BCUT2D eigenvalue weighted by atomic mass is 9.76. The molecule has 1 spiro atoms. The highest BCUT2D eigenvalue weighted by Crippen LogP contribution is 2.46. The molecule has 10 heteroatoms. The number of benzene rings is 1. The van der Waals surface area contributed by atoms with E-state index in [1.807, 2.05) is 24.4 Å². The number of nitrogens with one attached hydrogen (secondary N) is 1. The van der Waals surface area contributed by atoms with Crippen LogP contribution in [0.1, 0.15) is 56.7 Å². The van der Waals surface area contributed by atoms with E-state index in [4.69, 9.17) is 14.6 Å². The number of hydrogen-bond acceptors (Lipinski definition) is 5. The molecule has 202 valence electrons. The minimum Gasteiger partial charge on any atom is -0.487 e. The number of amides is 1. The van der Waals surface area contributed by atoms with Crippen molar-refractivity contribution >= 4 is 11.9 Å². The monoisotopic (exact) mass is 521 g/mol. The van der Waals surface area contributed by atoms with Crippen molar-refractivity contribution < 1.29 is 32.6 Å². The van der Waals surface area contributed by atoms with Gasteiger partial charge in [0.2, 0.25) is 5.91 Å². The molecule has 2 aromatic rings. The Kier molecular flexibility index (Phi) is 9.53. The number of halogens is 3. The Morgan fingerprint density at radius 1 is 1.16 bits per heavy atom. The fraction of sp³-hybridized carbons (Fsp3) is 0.519. The Labute approximate surface area is 215 Å². The number of piperidine rings is 1. The van der Waals surface area contributed by atoms with Crippen LogP contribution in [-0.2, 0) is 16.1 Å². The standard InChI is InChI=1S/C25H33N3O2.C2HF3O2/c1-19(2)17-27-24(29)15-20-16-25(30-23-9-4-3-8-22(20)23)10-13-28(14-11-25)18-21-7-5-6-12-26-21;3-2(4,5)1(6)7/h3-9,12,19-20H,10-11,13-18H2,1-2H3,(H,27,29);(H,6,7). The second-order valence-corrected chi connectivity index (χ2v) is 10.0. The zero-order valence-electron chi connectivity index (χ0n) is 21.1. The number of carbonyl (C=O) groups is 2. The summed E-state index contributed by atoms with van der Waals surface area (Å²) in [5, 5.41) is 10.2. The van der Waals surface area contributed by atoms with Gasteiger partial charge in [-0.25, -0.2) is 4.79 Å². The molecule has 37 heavy (non-hydrogen) atoms. The van der Waals surface area contributed by atoms with Gasteiger partial charge in [-0.05, 0) is 48.9 Å². The Morgan fingerprint density at radius 2 is 1.81 bits per heavy atom. The van der Waals surface area contributed by atoms with E-state index in [-0.39, 0.29) is 17.4 Å². The molecule has 1 aromatic carbocycles. The van der Waals surface area contributed by atoms with E-state index in [0.717, 1.165) is 56.9 Å². The Bertz CT molecular complexity index is 1040. The van der Waals surface area contributed by atoms with Crippen LogP contribution in [0.5, 0.6) is 5.75 Å². The zero-order valence-corrected chi connectivity index (χ0v) is 21.1. The van der Waals surface area contributed by atoms with Gasteiger partial charge in [0.25, 0.3) is 0 Å². The largest absolute Gasteiger partial charge is 0.490 e. The average molecular weight is 522 g/mol. The second kappa shape index (κ2) is 12.4. The normalized spacial score (nSPS) is 18.8. The summed E-state index contributed by atoms with van der Waals surface area (Å²) in [5.74, 6) is -0.973. The first-order valence-electron chi connectivity index (χ1n) is 12.4. The summed E-state index contributed by atoms with van der Waals surface area (Å²) in [7, 11) is 0. The first-order valence-corrected chi connectivity index (χ1v) is 12.4. The fourth-order valence-electron chi connectivity index (χ4n) is 4.69. The first-order chi connectivity index (χ1) is 17.5. The number of carboxylic acid groups (broad SMARTS) is 1. The maximum Gasteiger partial charge on any atom is 0.490 e. The number of alkyl halides is 3. The van der Waals surface area contributed by atoms with E-state index >= 15 is 0 Å². The third kappa shape index (κ3) is 8.45. The molecule has 2 aliphatic heterocycles. The SMILES string of the molecule is CC(C)CNC(=O)CC1CC2(CCN(Cc3ccccn3)CC2)Oc2ccccc21.O=C(O)C(F)(F)F. The van der Waals surface area contributed by atoms with Gasteiger partial charge in [-0.1, -0.05) is 38.1 Å². The van der Waals surface area contributed by atoms with Crippen molar-refractivity contribution in [2.45, 2.75) is 63.8 Å². The smallest absolute Gasteiger partial charge is 0.487 e. The molecule has 2 aliphatic rings. The van der Waals surface area contributed by atoms with Crippen LogP contribution < -0.4 is 10.1 Å². The van der Waals surface area contributed by atoms with E-state index in [0.29, 0.717) is 12.3 Å². The Morgan fingerprint density at radius 3 is 2.41 bits per heavy atom. The van der Waals surface area contributed by atoms with Crippen LogP contribution in [0.4, 0.5) is 13.2 Å². The molecule has 0 radical (unpaired) electrons. The molecule has 4 rings (SSSR count). The van der Waals surface area contributed by atoms with Crippen LogP contribution in [-0.4, -0.2) is 58.3 Å². The lowest BCUT2D eigenvalue weighted by molar-refractivity contribution is -0.192. The molecular formula is C27H34F3N3O4. The summed E-state index contributed by atoms with van der Waals surface area (Å²) in [6, 6.07) is 14.4. The fourth-order valence-corrected chi connectivity index (χ4v) is 4.69. The summed E-state index contributed by atoms with van der Waals surface area (Å²) in [6.07, 6.45) is 0.191. The minimum absolute atomic E-state index is 0.146. The molecule has 0 aliphatic carbocycles. The molecule has 1 atom stereocenters. The van der Waals surface area contributed by atoms with Crippen molar-refractivity contribution in [2.75, 3.05) is 19.6 Å². The number of fused-ring (bicyclic) bond motifs is 1. The van der Waals surface area contributed by atoms with Crippen molar-refractivity contribution in [1.29, 1.82) is 0 Å². The second-order valence-electron chi connectivity index (χ2n) is 10.0. The Balaban J connectivity index is 0.000000479. The number of nitrogens with zero attached hydrogens (tertiary/aromatic N) is 2. The van der Waals surface area contributed by atoms with Crippen LogP contribution in [0.25, 0.3) is 0 Å². The lowest BCUT2D eigenvalue weighted by Crippen LogP contribution is -2.50. The molecule has 1 amide bonds. The van der Waals surface area contributed by atoms with Crippen LogP contribution >= 0.6 is 0 Å². The molecule has 1 saturated heterocycles. The summed E-state index contributed by atoms with van der Waals surface area (Å²) >= 11 is 0. The summed E-state index contributed by atoms with van der Waals surface area (Å²) in [5.41, 5.74) is 2.12. The number of aliphatic carboxylic acids is 1. The topological polar surface area (TPSA) is 91.8 Å². The summed E-state index contributed by atoms with van der Waals surface area (Å²) in [6.45, 7) is 7.84. The molecule has 3 heterocycles. The van der Waals surface area contributed by atoms with E-state index in [1.165, 1.54) is 5.56 Å². The van der Waals surface area contributed by atoms with Gasteiger partial charge < -0.3 is 15.2 Å². The van der Waals surface area contributed by atoms with Crippen molar-refractivity contribution in [3.05, 3.63) is 59.9 Å². The molecule has 0 saturated carbocycles. The number of rotatable bonds is 6. The first kappa shape index (κ1) is 28.4. The van der Waals surface area contributed by atoms with Crippen LogP contribution in [0.15, 0.2) is 48.7 Å². The number of ether oxygens (including phenoxy) is 1. The summed E-state index contributed by atoms with van der Waals surface area (Å²) in [4.78, 5) is 28.4. The number of carboxylic acids is 1. The van der Waals surface area contributed by atoms with Crippen molar-refractivity contribution in [3.8, 4) is 5.75 Å². The summed E-state index contributed by atoms with van der Waals surface area (Å²) < 4.78 is 38.3.